The molecule has 1 heterocycles. The van der Waals surface area contributed by atoms with E-state index in [4.69, 9.17) is 0 Å². The molecule has 0 N–H and O–H groups in total. The van der Waals surface area contributed by atoms with Crippen molar-refractivity contribution >= 4 is 23.2 Å². The molecule has 0 radical (unpaired) electrons. The van der Waals surface area contributed by atoms with Gasteiger partial charge in [-0.2, -0.15) is 0 Å². The van der Waals surface area contributed by atoms with E-state index in [9.17, 15) is 0 Å². The molecule has 1 aliphatic heterocycles. The van der Waals surface area contributed by atoms with Crippen LogP contribution in [0.25, 0.3) is 10.8 Å². The van der Waals surface area contributed by atoms with Crippen LogP contribution in [-0.4, -0.2) is 17.5 Å². The van der Waals surface area contributed by atoms with Crippen molar-refractivity contribution in [3.63, 3.8) is 0 Å². The van der Waals surface area contributed by atoms with Crippen LogP contribution in [0.5, 0.6) is 0 Å². The van der Waals surface area contributed by atoms with Gasteiger partial charge < -0.3 is 0 Å². The quantitative estimate of drug-likeness (QED) is 0.569. The maximum absolute atomic E-state index is 2.69. The fourth-order valence-electron chi connectivity index (χ4n) is 3.96. The topological polar surface area (TPSA) is 3.24 Å². The predicted molar refractivity (Wildman–Crippen MR) is 109 cm³/mol. The molecule has 1 fully saturated rings. The van der Waals surface area contributed by atoms with E-state index in [1.54, 1.807) is 0 Å². The monoisotopic (exact) mass is 351 g/mol. The van der Waals surface area contributed by atoms with Gasteiger partial charge >= 0.3 is 0 Å². The summed E-state index contributed by atoms with van der Waals surface area (Å²) in [5, 5.41) is 2.70. The largest absolute Gasteiger partial charge is 0.296 e. The van der Waals surface area contributed by atoms with E-state index in [0.717, 1.165) is 13.0 Å². The van der Waals surface area contributed by atoms with E-state index >= 15 is 0 Å². The number of benzene rings is 3. The zero-order valence-electron chi connectivity index (χ0n) is 14.6. The molecule has 2 heteroatoms. The van der Waals surface area contributed by atoms with Crippen molar-refractivity contribution in [3.05, 3.63) is 83.9 Å². The lowest BCUT2D eigenvalue weighted by Crippen LogP contribution is -2.40. The maximum Gasteiger partial charge on any atom is 0.0236 e. The van der Waals surface area contributed by atoms with Gasteiger partial charge in [-0.1, -0.05) is 79.2 Å². The molecule has 1 saturated heterocycles. The van der Waals surface area contributed by atoms with Crippen molar-refractivity contribution in [2.24, 2.45) is 0 Å². The number of fused-ring (bicyclic) bond motifs is 1. The molecule has 4 rings (SSSR count). The highest BCUT2D eigenvalue weighted by atomic mass is 35.5. The molecule has 0 amide bonds. The van der Waals surface area contributed by atoms with Gasteiger partial charge in [0.15, 0.2) is 0 Å². The molecule has 0 saturated carbocycles. The molecule has 3 aromatic rings. The summed E-state index contributed by atoms with van der Waals surface area (Å²) in [5.74, 6) is 0. The SMILES string of the molecule is Cl.c1ccc(CN2CCCCC2Cc2ccc3ccccc3c2)cc1. The molecule has 3 aromatic carbocycles. The standard InChI is InChI=1S/C23H25N.ClH/c1-2-8-19(9-3-1)18-24-15-7-6-12-23(24)17-20-13-14-21-10-4-5-11-22(21)16-20;/h1-5,8-11,13-14,16,23H,6-7,12,15,17-18H2;1H. The molecular weight excluding hydrogens is 326 g/mol. The third kappa shape index (κ3) is 4.42. The second-order valence-electron chi connectivity index (χ2n) is 6.99. The average molecular weight is 352 g/mol. The molecule has 0 aliphatic carbocycles. The minimum absolute atomic E-state index is 0. The summed E-state index contributed by atoms with van der Waals surface area (Å²) in [7, 11) is 0. The number of nitrogens with zero attached hydrogens (tertiary/aromatic N) is 1. The Morgan fingerprint density at radius 2 is 1.52 bits per heavy atom. The van der Waals surface area contributed by atoms with Gasteiger partial charge in [-0.15, -0.1) is 12.4 Å². The van der Waals surface area contributed by atoms with Crippen LogP contribution in [0.2, 0.25) is 0 Å². The first kappa shape index (κ1) is 18.0. The maximum atomic E-state index is 2.69. The van der Waals surface area contributed by atoms with E-state index < -0.39 is 0 Å². The number of hydrogen-bond donors (Lipinski definition) is 0. The van der Waals surface area contributed by atoms with Crippen LogP contribution in [0.3, 0.4) is 0 Å². The lowest BCUT2D eigenvalue weighted by atomic mass is 9.94. The van der Waals surface area contributed by atoms with E-state index in [2.05, 4.69) is 77.7 Å². The van der Waals surface area contributed by atoms with E-state index in [0.29, 0.717) is 6.04 Å². The number of rotatable bonds is 4. The molecule has 0 aromatic heterocycles. The van der Waals surface area contributed by atoms with Crippen LogP contribution in [0.1, 0.15) is 30.4 Å². The van der Waals surface area contributed by atoms with Crippen LogP contribution in [0.15, 0.2) is 72.8 Å². The highest BCUT2D eigenvalue weighted by Crippen LogP contribution is 2.24. The van der Waals surface area contributed by atoms with Crippen molar-refractivity contribution in [1.82, 2.24) is 4.90 Å². The van der Waals surface area contributed by atoms with Gasteiger partial charge in [-0.05, 0) is 47.7 Å². The second kappa shape index (κ2) is 8.51. The van der Waals surface area contributed by atoms with Crippen molar-refractivity contribution in [2.45, 2.75) is 38.3 Å². The molecule has 130 valence electrons. The number of halogens is 1. The van der Waals surface area contributed by atoms with Crippen LogP contribution in [0, 0.1) is 0 Å². The van der Waals surface area contributed by atoms with Crippen molar-refractivity contribution in [3.8, 4) is 0 Å². The smallest absolute Gasteiger partial charge is 0.0236 e. The van der Waals surface area contributed by atoms with E-state index in [1.165, 1.54) is 47.7 Å². The molecule has 1 unspecified atom stereocenters. The Morgan fingerprint density at radius 1 is 0.760 bits per heavy atom. The molecule has 0 spiro atoms. The number of hydrogen-bond acceptors (Lipinski definition) is 1. The Hall–Kier alpha value is -1.83. The summed E-state index contributed by atoms with van der Waals surface area (Å²) < 4.78 is 0. The zero-order valence-corrected chi connectivity index (χ0v) is 15.4. The molecule has 1 atom stereocenters. The highest BCUT2D eigenvalue weighted by molar-refractivity contribution is 5.85. The van der Waals surface area contributed by atoms with Crippen molar-refractivity contribution in [2.75, 3.05) is 6.54 Å². The normalized spacial score (nSPS) is 18.0. The number of piperidine rings is 1. The van der Waals surface area contributed by atoms with Gasteiger partial charge in [0.1, 0.15) is 0 Å². The Bertz CT molecular complexity index is 799. The summed E-state index contributed by atoms with van der Waals surface area (Å²) in [4.78, 5) is 2.69. The Kier molecular flexibility index (Phi) is 6.12. The summed E-state index contributed by atoms with van der Waals surface area (Å²) >= 11 is 0. The first-order chi connectivity index (χ1) is 11.9. The molecule has 1 nitrogen and oxygen atoms in total. The first-order valence-electron chi connectivity index (χ1n) is 9.14. The third-order valence-electron chi connectivity index (χ3n) is 5.26. The third-order valence-corrected chi connectivity index (χ3v) is 5.26. The minimum Gasteiger partial charge on any atom is -0.296 e. The van der Waals surface area contributed by atoms with Crippen LogP contribution in [-0.2, 0) is 13.0 Å². The van der Waals surface area contributed by atoms with Crippen LogP contribution < -0.4 is 0 Å². The minimum atomic E-state index is 0. The summed E-state index contributed by atoms with van der Waals surface area (Å²) in [6.07, 6.45) is 5.18. The van der Waals surface area contributed by atoms with Gasteiger partial charge in [0.25, 0.3) is 0 Å². The number of likely N-dealkylation sites (tertiary alicyclic amines) is 1. The Labute approximate surface area is 157 Å². The average Bonchev–Trinajstić information content (AvgIpc) is 2.64. The predicted octanol–water partition coefficient (Wildman–Crippen LogP) is 5.86. The van der Waals surface area contributed by atoms with Gasteiger partial charge in [-0.3, -0.25) is 4.90 Å². The fourth-order valence-corrected chi connectivity index (χ4v) is 3.96. The lowest BCUT2D eigenvalue weighted by molar-refractivity contribution is 0.139. The zero-order chi connectivity index (χ0) is 16.2. The molecule has 0 bridgehead atoms. The molecular formula is C23H26ClN. The van der Waals surface area contributed by atoms with Gasteiger partial charge in [0.05, 0.1) is 0 Å². The Morgan fingerprint density at radius 3 is 2.36 bits per heavy atom. The van der Waals surface area contributed by atoms with Crippen molar-refractivity contribution < 1.29 is 0 Å². The fraction of sp³-hybridized carbons (Fsp3) is 0.304. The van der Waals surface area contributed by atoms with Crippen LogP contribution >= 0.6 is 12.4 Å². The Balaban J connectivity index is 0.00000182. The highest BCUT2D eigenvalue weighted by Gasteiger charge is 2.22. The van der Waals surface area contributed by atoms with E-state index in [1.807, 2.05) is 0 Å². The van der Waals surface area contributed by atoms with Crippen molar-refractivity contribution in [1.29, 1.82) is 0 Å². The van der Waals surface area contributed by atoms with Gasteiger partial charge in [0, 0.05) is 12.6 Å². The second-order valence-corrected chi connectivity index (χ2v) is 6.99. The summed E-state index contributed by atoms with van der Waals surface area (Å²) in [5.41, 5.74) is 2.90. The molecule has 25 heavy (non-hydrogen) atoms. The van der Waals surface area contributed by atoms with Gasteiger partial charge in [0.2, 0.25) is 0 Å². The first-order valence-corrected chi connectivity index (χ1v) is 9.14. The summed E-state index contributed by atoms with van der Waals surface area (Å²) in [6, 6.07) is 27.2. The molecule has 1 aliphatic rings. The summed E-state index contributed by atoms with van der Waals surface area (Å²) in [6.45, 7) is 2.31. The lowest BCUT2D eigenvalue weighted by Gasteiger charge is -2.36. The van der Waals surface area contributed by atoms with Crippen LogP contribution in [0.4, 0.5) is 0 Å². The van der Waals surface area contributed by atoms with E-state index in [-0.39, 0.29) is 12.4 Å². The van der Waals surface area contributed by atoms with Gasteiger partial charge in [-0.25, -0.2) is 0 Å².